The van der Waals surface area contributed by atoms with Crippen LogP contribution in [-0.4, -0.2) is 23.5 Å². The molecule has 22 heavy (non-hydrogen) atoms. The number of nitrogens with zero attached hydrogens (tertiary/aromatic N) is 1. The van der Waals surface area contributed by atoms with Gasteiger partial charge in [-0.1, -0.05) is 29.8 Å². The summed E-state index contributed by atoms with van der Waals surface area (Å²) in [5, 5.41) is 9.37. The largest absolute Gasteiger partial charge is 0.481 e. The summed E-state index contributed by atoms with van der Waals surface area (Å²) in [6.45, 7) is 2.00. The van der Waals surface area contributed by atoms with Crippen molar-refractivity contribution in [3.8, 4) is 0 Å². The molecule has 114 valence electrons. The highest BCUT2D eigenvalue weighted by atomic mass is 35.5. The Morgan fingerprint density at radius 3 is 2.68 bits per heavy atom. The van der Waals surface area contributed by atoms with Crippen molar-refractivity contribution in [1.82, 2.24) is 0 Å². The molecule has 1 aliphatic rings. The van der Waals surface area contributed by atoms with E-state index >= 15 is 0 Å². The molecule has 2 unspecified atom stereocenters. The highest BCUT2D eigenvalue weighted by Gasteiger charge is 2.38. The fraction of sp³-hybridized carbons (Fsp3) is 0.250. The zero-order chi connectivity index (χ0) is 15.9. The van der Waals surface area contributed by atoms with Gasteiger partial charge in [-0.2, -0.15) is 0 Å². The first-order valence-corrected chi connectivity index (χ1v) is 8.07. The predicted molar refractivity (Wildman–Crippen MR) is 86.9 cm³/mol. The first kappa shape index (κ1) is 15.1. The summed E-state index contributed by atoms with van der Waals surface area (Å²) in [6, 6.07) is 10.8. The molecular formula is C16H14ClNO3S. The quantitative estimate of drug-likeness (QED) is 0.930. The van der Waals surface area contributed by atoms with Crippen LogP contribution in [0.2, 0.25) is 4.34 Å². The Kier molecular flexibility index (Phi) is 3.93. The molecule has 1 aromatic carbocycles. The van der Waals surface area contributed by atoms with Crippen molar-refractivity contribution in [3.63, 3.8) is 0 Å². The van der Waals surface area contributed by atoms with Gasteiger partial charge in [-0.05, 0) is 30.7 Å². The maximum Gasteiger partial charge on any atom is 0.312 e. The SMILES string of the molecule is CC(C(=O)N1CC(C(=O)O)c2ccccc21)c1ccc(Cl)s1. The minimum Gasteiger partial charge on any atom is -0.481 e. The van der Waals surface area contributed by atoms with E-state index in [1.54, 1.807) is 29.2 Å². The number of thiophene rings is 1. The van der Waals surface area contributed by atoms with Gasteiger partial charge in [0.2, 0.25) is 5.91 Å². The lowest BCUT2D eigenvalue weighted by Crippen LogP contribution is -2.34. The maximum atomic E-state index is 12.8. The van der Waals surface area contributed by atoms with Crippen LogP contribution in [-0.2, 0) is 9.59 Å². The van der Waals surface area contributed by atoms with Crippen molar-refractivity contribution in [3.05, 3.63) is 51.2 Å². The van der Waals surface area contributed by atoms with Crippen LogP contribution >= 0.6 is 22.9 Å². The minimum absolute atomic E-state index is 0.102. The Balaban J connectivity index is 1.92. The van der Waals surface area contributed by atoms with Crippen LogP contribution in [0.3, 0.4) is 0 Å². The van der Waals surface area contributed by atoms with Crippen molar-refractivity contribution in [2.75, 3.05) is 11.4 Å². The average molecular weight is 336 g/mol. The van der Waals surface area contributed by atoms with Crippen molar-refractivity contribution in [2.45, 2.75) is 18.8 Å². The third-order valence-electron chi connectivity index (χ3n) is 3.92. The van der Waals surface area contributed by atoms with Gasteiger partial charge in [-0.3, -0.25) is 9.59 Å². The van der Waals surface area contributed by atoms with Gasteiger partial charge in [0.15, 0.2) is 0 Å². The molecule has 2 atom stereocenters. The minimum atomic E-state index is -0.908. The van der Waals surface area contributed by atoms with Gasteiger partial charge in [0.25, 0.3) is 0 Å². The number of rotatable bonds is 3. The third kappa shape index (κ3) is 2.51. The van der Waals surface area contributed by atoms with Crippen molar-refractivity contribution in [2.24, 2.45) is 0 Å². The maximum absolute atomic E-state index is 12.8. The van der Waals surface area contributed by atoms with Crippen molar-refractivity contribution in [1.29, 1.82) is 0 Å². The van der Waals surface area contributed by atoms with Crippen LogP contribution in [0.4, 0.5) is 5.69 Å². The molecule has 0 saturated carbocycles. The van der Waals surface area contributed by atoms with Gasteiger partial charge in [-0.25, -0.2) is 0 Å². The number of carbonyl (C=O) groups is 2. The standard InChI is InChI=1S/C16H14ClNO3S/c1-9(13-6-7-14(17)22-13)15(19)18-8-11(16(20)21)10-4-2-3-5-12(10)18/h2-7,9,11H,8H2,1H3,(H,20,21). The van der Waals surface area contributed by atoms with Gasteiger partial charge in [0.05, 0.1) is 10.3 Å². The third-order valence-corrected chi connectivity index (χ3v) is 5.34. The number of carbonyl (C=O) groups excluding carboxylic acids is 1. The summed E-state index contributed by atoms with van der Waals surface area (Å²) in [5.74, 6) is -2.03. The fourth-order valence-electron chi connectivity index (χ4n) is 2.74. The van der Waals surface area contributed by atoms with E-state index in [0.29, 0.717) is 15.6 Å². The van der Waals surface area contributed by atoms with Gasteiger partial charge in [-0.15, -0.1) is 11.3 Å². The second-order valence-corrected chi connectivity index (χ2v) is 7.01. The molecule has 1 amide bonds. The number of fused-ring (bicyclic) bond motifs is 1. The Labute approximate surface area is 136 Å². The zero-order valence-corrected chi connectivity index (χ0v) is 13.4. The lowest BCUT2D eigenvalue weighted by atomic mass is 10.0. The molecule has 0 aliphatic carbocycles. The van der Waals surface area contributed by atoms with Crippen LogP contribution in [0.1, 0.15) is 29.2 Å². The first-order valence-electron chi connectivity index (χ1n) is 6.87. The molecular weight excluding hydrogens is 322 g/mol. The predicted octanol–water partition coefficient (Wildman–Crippen LogP) is 3.72. The first-order chi connectivity index (χ1) is 10.5. The smallest absolute Gasteiger partial charge is 0.312 e. The molecule has 2 heterocycles. The Morgan fingerprint density at radius 2 is 2.05 bits per heavy atom. The molecule has 0 spiro atoms. The number of amides is 1. The van der Waals surface area contributed by atoms with Gasteiger partial charge in [0, 0.05) is 17.1 Å². The number of halogens is 1. The second kappa shape index (κ2) is 5.74. The molecule has 2 aromatic rings. The van der Waals surface area contributed by atoms with Gasteiger partial charge >= 0.3 is 5.97 Å². The monoisotopic (exact) mass is 335 g/mol. The fourth-order valence-corrected chi connectivity index (χ4v) is 3.85. The summed E-state index contributed by atoms with van der Waals surface area (Å²) in [4.78, 5) is 26.7. The van der Waals surface area contributed by atoms with Crippen LogP contribution in [0, 0.1) is 0 Å². The van der Waals surface area contributed by atoms with Gasteiger partial charge < -0.3 is 10.0 Å². The van der Waals surface area contributed by atoms with E-state index < -0.39 is 11.9 Å². The van der Waals surface area contributed by atoms with E-state index in [0.717, 1.165) is 4.88 Å². The second-order valence-electron chi connectivity index (χ2n) is 5.26. The summed E-state index contributed by atoms with van der Waals surface area (Å²) in [7, 11) is 0. The molecule has 1 aliphatic heterocycles. The lowest BCUT2D eigenvalue weighted by Gasteiger charge is -2.21. The van der Waals surface area contributed by atoms with Crippen LogP contribution < -0.4 is 4.90 Å². The summed E-state index contributed by atoms with van der Waals surface area (Å²) >= 11 is 7.30. The Morgan fingerprint density at radius 1 is 1.32 bits per heavy atom. The molecule has 3 rings (SSSR count). The Hall–Kier alpha value is -1.85. The van der Waals surface area contributed by atoms with Crippen LogP contribution in [0.5, 0.6) is 0 Å². The number of para-hydroxylation sites is 1. The molecule has 4 nitrogen and oxygen atoms in total. The lowest BCUT2D eigenvalue weighted by molar-refractivity contribution is -0.138. The van der Waals surface area contributed by atoms with E-state index in [2.05, 4.69) is 0 Å². The number of anilines is 1. The molecule has 6 heteroatoms. The summed E-state index contributed by atoms with van der Waals surface area (Å²) in [5.41, 5.74) is 1.38. The van der Waals surface area contributed by atoms with E-state index in [-0.39, 0.29) is 18.4 Å². The zero-order valence-electron chi connectivity index (χ0n) is 11.8. The average Bonchev–Trinajstić information content (AvgIpc) is 3.09. The molecule has 0 fully saturated rings. The number of carboxylic acid groups (broad SMARTS) is 1. The molecule has 1 aromatic heterocycles. The normalized spacial score (nSPS) is 18.1. The highest BCUT2D eigenvalue weighted by Crippen LogP contribution is 2.39. The molecule has 0 saturated heterocycles. The van der Waals surface area contributed by atoms with Crippen molar-refractivity contribution >= 4 is 40.5 Å². The number of benzene rings is 1. The molecule has 1 N–H and O–H groups in total. The van der Waals surface area contributed by atoms with Crippen LogP contribution in [0.15, 0.2) is 36.4 Å². The number of aliphatic carboxylic acids is 1. The number of carboxylic acids is 1. The van der Waals surface area contributed by atoms with E-state index in [9.17, 15) is 14.7 Å². The highest BCUT2D eigenvalue weighted by molar-refractivity contribution is 7.16. The molecule has 0 radical (unpaired) electrons. The van der Waals surface area contributed by atoms with E-state index in [1.165, 1.54) is 11.3 Å². The van der Waals surface area contributed by atoms with Gasteiger partial charge in [0.1, 0.15) is 5.92 Å². The number of hydrogen-bond acceptors (Lipinski definition) is 3. The Bertz CT molecular complexity index is 742. The van der Waals surface area contributed by atoms with E-state index in [4.69, 9.17) is 11.6 Å². The van der Waals surface area contributed by atoms with Crippen LogP contribution in [0.25, 0.3) is 0 Å². The number of hydrogen-bond donors (Lipinski definition) is 1. The summed E-state index contributed by atoms with van der Waals surface area (Å²) < 4.78 is 0.639. The molecule has 0 bridgehead atoms. The summed E-state index contributed by atoms with van der Waals surface area (Å²) in [6.07, 6.45) is 0. The van der Waals surface area contributed by atoms with Crippen molar-refractivity contribution < 1.29 is 14.7 Å². The topological polar surface area (TPSA) is 57.6 Å². The van der Waals surface area contributed by atoms with E-state index in [1.807, 2.05) is 19.1 Å².